The smallest absolute Gasteiger partial charge is 0.256 e. The van der Waals surface area contributed by atoms with Gasteiger partial charge in [0.15, 0.2) is 0 Å². The largest absolute Gasteiger partial charge is 0.376 e. The second-order valence-corrected chi connectivity index (χ2v) is 3.34. The van der Waals surface area contributed by atoms with Crippen LogP contribution in [-0.4, -0.2) is 25.2 Å². The van der Waals surface area contributed by atoms with Gasteiger partial charge < -0.3 is 10.5 Å². The molecular weight excluding hydrogens is 164 g/mol. The van der Waals surface area contributed by atoms with E-state index in [0.29, 0.717) is 12.8 Å². The highest BCUT2D eigenvalue weighted by Crippen LogP contribution is 2.36. The summed E-state index contributed by atoms with van der Waals surface area (Å²) in [4.78, 5) is 0. The molecule has 1 saturated carbocycles. The van der Waals surface area contributed by atoms with Crippen LogP contribution in [0.25, 0.3) is 0 Å². The number of hydrogen-bond donors (Lipinski definition) is 1. The number of hydrogen-bond acceptors (Lipinski definition) is 2. The average Bonchev–Trinajstić information content (AvgIpc) is 2.52. The maximum Gasteiger partial charge on any atom is 0.256 e. The standard InChI is InChI=1S/C8H15F2NO/c1-12-8(4-2-3-5-8)6(11)7(9)10/h6-7H,2-5,11H2,1H3. The van der Waals surface area contributed by atoms with Gasteiger partial charge in [-0.3, -0.25) is 0 Å². The lowest BCUT2D eigenvalue weighted by Crippen LogP contribution is -2.51. The zero-order valence-corrected chi connectivity index (χ0v) is 7.22. The van der Waals surface area contributed by atoms with Gasteiger partial charge in [0.05, 0.1) is 11.6 Å². The molecule has 1 unspecified atom stereocenters. The maximum atomic E-state index is 12.3. The van der Waals surface area contributed by atoms with Gasteiger partial charge in [-0.1, -0.05) is 12.8 Å². The molecule has 1 aliphatic carbocycles. The molecule has 1 rings (SSSR count). The third-order valence-corrected chi connectivity index (χ3v) is 2.74. The van der Waals surface area contributed by atoms with Crippen molar-refractivity contribution >= 4 is 0 Å². The Labute approximate surface area is 71.1 Å². The number of ether oxygens (including phenoxy) is 1. The van der Waals surface area contributed by atoms with E-state index in [2.05, 4.69) is 0 Å². The van der Waals surface area contributed by atoms with Crippen LogP contribution < -0.4 is 5.73 Å². The fraction of sp³-hybridized carbons (Fsp3) is 1.00. The zero-order valence-electron chi connectivity index (χ0n) is 7.22. The summed E-state index contributed by atoms with van der Waals surface area (Å²) in [6, 6.07) is -1.13. The normalized spacial score (nSPS) is 24.8. The Kier molecular flexibility index (Phi) is 3.01. The van der Waals surface area contributed by atoms with Gasteiger partial charge in [-0.15, -0.1) is 0 Å². The molecule has 2 nitrogen and oxygen atoms in total. The molecule has 0 heterocycles. The maximum absolute atomic E-state index is 12.3. The summed E-state index contributed by atoms with van der Waals surface area (Å²) in [7, 11) is 1.47. The fourth-order valence-corrected chi connectivity index (χ4v) is 1.88. The molecule has 0 spiro atoms. The quantitative estimate of drug-likeness (QED) is 0.713. The predicted octanol–water partition coefficient (Wildman–Crippen LogP) is 1.54. The Morgan fingerprint density at radius 1 is 1.33 bits per heavy atom. The minimum atomic E-state index is -2.48. The van der Waals surface area contributed by atoms with Crippen molar-refractivity contribution in [3.05, 3.63) is 0 Å². The molecule has 12 heavy (non-hydrogen) atoms. The molecule has 72 valence electrons. The molecule has 1 atom stereocenters. The lowest BCUT2D eigenvalue weighted by Gasteiger charge is -2.33. The average molecular weight is 179 g/mol. The topological polar surface area (TPSA) is 35.2 Å². The molecule has 1 aliphatic rings. The summed E-state index contributed by atoms with van der Waals surface area (Å²) >= 11 is 0. The Bertz CT molecular complexity index is 146. The van der Waals surface area contributed by atoms with E-state index >= 15 is 0 Å². The van der Waals surface area contributed by atoms with Crippen LogP contribution in [0.2, 0.25) is 0 Å². The third-order valence-electron chi connectivity index (χ3n) is 2.74. The van der Waals surface area contributed by atoms with Crippen molar-refractivity contribution < 1.29 is 13.5 Å². The molecule has 0 aromatic rings. The van der Waals surface area contributed by atoms with Gasteiger partial charge in [-0.25, -0.2) is 8.78 Å². The van der Waals surface area contributed by atoms with Gasteiger partial charge in [0.2, 0.25) is 0 Å². The van der Waals surface area contributed by atoms with Crippen molar-refractivity contribution in [2.24, 2.45) is 5.73 Å². The second kappa shape index (κ2) is 3.66. The van der Waals surface area contributed by atoms with Crippen molar-refractivity contribution in [1.82, 2.24) is 0 Å². The highest BCUT2D eigenvalue weighted by Gasteiger charge is 2.43. The van der Waals surface area contributed by atoms with E-state index in [1.807, 2.05) is 0 Å². The van der Waals surface area contributed by atoms with E-state index in [0.717, 1.165) is 12.8 Å². The van der Waals surface area contributed by atoms with Crippen LogP contribution in [-0.2, 0) is 4.74 Å². The number of alkyl halides is 2. The lowest BCUT2D eigenvalue weighted by molar-refractivity contribution is -0.0691. The van der Waals surface area contributed by atoms with Crippen LogP contribution in [0.15, 0.2) is 0 Å². The van der Waals surface area contributed by atoms with Crippen LogP contribution in [0.4, 0.5) is 8.78 Å². The van der Waals surface area contributed by atoms with Gasteiger partial charge in [-0.05, 0) is 12.8 Å². The summed E-state index contributed by atoms with van der Waals surface area (Å²) in [5.74, 6) is 0. The van der Waals surface area contributed by atoms with Gasteiger partial charge >= 0.3 is 0 Å². The van der Waals surface area contributed by atoms with Crippen LogP contribution in [0, 0.1) is 0 Å². The van der Waals surface area contributed by atoms with Gasteiger partial charge in [0, 0.05) is 7.11 Å². The van der Waals surface area contributed by atoms with Crippen molar-refractivity contribution in [2.45, 2.75) is 43.8 Å². The monoisotopic (exact) mass is 179 g/mol. The first-order chi connectivity index (χ1) is 5.62. The first-order valence-electron chi connectivity index (χ1n) is 4.21. The van der Waals surface area contributed by atoms with Crippen molar-refractivity contribution in [1.29, 1.82) is 0 Å². The minimum Gasteiger partial charge on any atom is -0.376 e. The molecule has 0 bridgehead atoms. The molecule has 4 heteroatoms. The van der Waals surface area contributed by atoms with E-state index in [9.17, 15) is 8.78 Å². The molecule has 0 aromatic carbocycles. The summed E-state index contributed by atoms with van der Waals surface area (Å²) < 4.78 is 29.7. The number of halogens is 2. The molecule has 0 amide bonds. The Balaban J connectivity index is 2.65. The summed E-state index contributed by atoms with van der Waals surface area (Å²) in [6.07, 6.45) is 0.718. The molecule has 0 aliphatic heterocycles. The van der Waals surface area contributed by atoms with Gasteiger partial charge in [0.1, 0.15) is 0 Å². The van der Waals surface area contributed by atoms with Crippen LogP contribution >= 0.6 is 0 Å². The Morgan fingerprint density at radius 3 is 2.17 bits per heavy atom. The summed E-state index contributed by atoms with van der Waals surface area (Å²) in [5.41, 5.74) is 4.64. The van der Waals surface area contributed by atoms with E-state index in [1.165, 1.54) is 7.11 Å². The molecule has 0 aromatic heterocycles. The van der Waals surface area contributed by atoms with Gasteiger partial charge in [-0.2, -0.15) is 0 Å². The highest BCUT2D eigenvalue weighted by atomic mass is 19.3. The number of rotatable bonds is 3. The molecule has 2 N–H and O–H groups in total. The zero-order chi connectivity index (χ0) is 9.19. The fourth-order valence-electron chi connectivity index (χ4n) is 1.88. The summed E-state index contributed by atoms with van der Waals surface area (Å²) in [6.45, 7) is 0. The molecule has 0 saturated heterocycles. The van der Waals surface area contributed by atoms with E-state index in [4.69, 9.17) is 10.5 Å². The van der Waals surface area contributed by atoms with Crippen molar-refractivity contribution in [3.8, 4) is 0 Å². The Hall–Kier alpha value is -0.220. The first kappa shape index (κ1) is 9.86. The molecule has 0 radical (unpaired) electrons. The lowest BCUT2D eigenvalue weighted by atomic mass is 9.93. The molecular formula is C8H15F2NO. The summed E-state index contributed by atoms with van der Waals surface area (Å²) in [5, 5.41) is 0. The van der Waals surface area contributed by atoms with Gasteiger partial charge in [0.25, 0.3) is 6.43 Å². The Morgan fingerprint density at radius 2 is 1.83 bits per heavy atom. The minimum absolute atomic E-state index is 0.662. The second-order valence-electron chi connectivity index (χ2n) is 3.34. The van der Waals surface area contributed by atoms with Crippen LogP contribution in [0.5, 0.6) is 0 Å². The molecule has 1 fully saturated rings. The van der Waals surface area contributed by atoms with E-state index < -0.39 is 18.1 Å². The predicted molar refractivity (Wildman–Crippen MR) is 42.2 cm³/mol. The van der Waals surface area contributed by atoms with Crippen LogP contribution in [0.3, 0.4) is 0 Å². The van der Waals surface area contributed by atoms with E-state index in [-0.39, 0.29) is 0 Å². The van der Waals surface area contributed by atoms with Crippen LogP contribution in [0.1, 0.15) is 25.7 Å². The van der Waals surface area contributed by atoms with E-state index in [1.54, 1.807) is 0 Å². The highest BCUT2D eigenvalue weighted by molar-refractivity contribution is 4.96. The first-order valence-corrected chi connectivity index (χ1v) is 4.21. The van der Waals surface area contributed by atoms with Crippen molar-refractivity contribution in [3.63, 3.8) is 0 Å². The number of methoxy groups -OCH3 is 1. The SMILES string of the molecule is COC1(C(N)C(F)F)CCCC1. The third kappa shape index (κ3) is 1.59. The van der Waals surface area contributed by atoms with Crippen molar-refractivity contribution in [2.75, 3.05) is 7.11 Å². The number of nitrogens with two attached hydrogens (primary N) is 1.